The minimum Gasteiger partial charge on any atom is -0.478 e. The van der Waals surface area contributed by atoms with Crippen molar-refractivity contribution in [2.75, 3.05) is 5.75 Å². The quantitative estimate of drug-likeness (QED) is 0.637. The van der Waals surface area contributed by atoms with Crippen molar-refractivity contribution in [3.63, 3.8) is 0 Å². The summed E-state index contributed by atoms with van der Waals surface area (Å²) in [7, 11) is 0. The van der Waals surface area contributed by atoms with Crippen molar-refractivity contribution in [1.82, 2.24) is 4.98 Å². The molecule has 0 unspecified atom stereocenters. The predicted octanol–water partition coefficient (Wildman–Crippen LogP) is 2.57. The van der Waals surface area contributed by atoms with Gasteiger partial charge >= 0.3 is 5.97 Å². The van der Waals surface area contributed by atoms with Crippen molar-refractivity contribution in [2.45, 2.75) is 18.2 Å². The SMILES string of the molecule is CC(=CC(=O)O)CSc1nc(C)cs1. The third-order valence-corrected chi connectivity index (χ3v) is 3.72. The first-order chi connectivity index (χ1) is 6.58. The highest BCUT2D eigenvalue weighted by molar-refractivity contribution is 8.01. The Hall–Kier alpha value is -0.810. The fourth-order valence-corrected chi connectivity index (χ4v) is 2.58. The maximum atomic E-state index is 10.3. The Morgan fingerprint density at radius 2 is 2.50 bits per heavy atom. The number of thioether (sulfide) groups is 1. The molecule has 0 saturated heterocycles. The first-order valence-electron chi connectivity index (χ1n) is 4.03. The fourth-order valence-electron chi connectivity index (χ4n) is 0.827. The van der Waals surface area contributed by atoms with Crippen molar-refractivity contribution in [3.8, 4) is 0 Å². The van der Waals surface area contributed by atoms with Crippen LogP contribution in [0.15, 0.2) is 21.4 Å². The molecule has 0 amide bonds. The van der Waals surface area contributed by atoms with Crippen LogP contribution >= 0.6 is 23.1 Å². The van der Waals surface area contributed by atoms with Gasteiger partial charge in [-0.05, 0) is 13.8 Å². The lowest BCUT2D eigenvalue weighted by Gasteiger charge is -1.96. The third-order valence-electron chi connectivity index (χ3n) is 1.39. The molecule has 0 aliphatic carbocycles. The number of nitrogens with zero attached hydrogens (tertiary/aromatic N) is 1. The van der Waals surface area contributed by atoms with Gasteiger partial charge in [0, 0.05) is 22.9 Å². The van der Waals surface area contributed by atoms with Gasteiger partial charge in [-0.2, -0.15) is 0 Å². The Bertz CT molecular complexity index is 357. The van der Waals surface area contributed by atoms with Gasteiger partial charge < -0.3 is 5.11 Å². The largest absolute Gasteiger partial charge is 0.478 e. The van der Waals surface area contributed by atoms with E-state index in [-0.39, 0.29) is 0 Å². The van der Waals surface area contributed by atoms with Gasteiger partial charge in [0.1, 0.15) is 4.34 Å². The van der Waals surface area contributed by atoms with E-state index in [9.17, 15) is 4.79 Å². The number of thiazole rings is 1. The summed E-state index contributed by atoms with van der Waals surface area (Å²) >= 11 is 3.15. The van der Waals surface area contributed by atoms with Crippen molar-refractivity contribution in [1.29, 1.82) is 0 Å². The molecule has 1 aromatic rings. The summed E-state index contributed by atoms with van der Waals surface area (Å²) in [5, 5.41) is 10.5. The lowest BCUT2D eigenvalue weighted by Crippen LogP contribution is -1.91. The van der Waals surface area contributed by atoms with Gasteiger partial charge in [0.05, 0.1) is 0 Å². The summed E-state index contributed by atoms with van der Waals surface area (Å²) in [6.45, 7) is 3.75. The molecule has 1 heterocycles. The number of carboxylic acids is 1. The van der Waals surface area contributed by atoms with E-state index in [1.807, 2.05) is 19.2 Å². The molecule has 0 saturated carbocycles. The highest BCUT2D eigenvalue weighted by atomic mass is 32.2. The van der Waals surface area contributed by atoms with E-state index in [0.717, 1.165) is 15.6 Å². The second-order valence-electron chi connectivity index (χ2n) is 2.87. The number of aromatic nitrogens is 1. The Morgan fingerprint density at radius 1 is 1.79 bits per heavy atom. The van der Waals surface area contributed by atoms with E-state index >= 15 is 0 Å². The van der Waals surface area contributed by atoms with Gasteiger partial charge in [0.2, 0.25) is 0 Å². The second kappa shape index (κ2) is 5.17. The van der Waals surface area contributed by atoms with Crippen molar-refractivity contribution < 1.29 is 9.90 Å². The standard InChI is InChI=1S/C9H11NO2S2/c1-6(3-8(11)12)4-13-9-10-7(2)5-14-9/h3,5H,4H2,1-2H3,(H,11,12). The van der Waals surface area contributed by atoms with Crippen LogP contribution in [-0.2, 0) is 4.79 Å². The van der Waals surface area contributed by atoms with Gasteiger partial charge in [-0.15, -0.1) is 11.3 Å². The summed E-state index contributed by atoms with van der Waals surface area (Å²) in [5.41, 5.74) is 1.85. The van der Waals surface area contributed by atoms with Gasteiger partial charge in [-0.3, -0.25) is 0 Å². The highest BCUT2D eigenvalue weighted by Gasteiger charge is 2.00. The van der Waals surface area contributed by atoms with E-state index in [0.29, 0.717) is 5.75 Å². The van der Waals surface area contributed by atoms with Crippen LogP contribution in [0.5, 0.6) is 0 Å². The van der Waals surface area contributed by atoms with Crippen molar-refractivity contribution in [3.05, 3.63) is 22.7 Å². The molecule has 14 heavy (non-hydrogen) atoms. The number of carbonyl (C=O) groups is 1. The molecule has 0 fully saturated rings. The number of aryl methyl sites for hydroxylation is 1. The van der Waals surface area contributed by atoms with Crippen LogP contribution < -0.4 is 0 Å². The smallest absolute Gasteiger partial charge is 0.328 e. The van der Waals surface area contributed by atoms with Crippen LogP contribution in [0.25, 0.3) is 0 Å². The van der Waals surface area contributed by atoms with Crippen LogP contribution in [-0.4, -0.2) is 21.8 Å². The minimum atomic E-state index is -0.890. The van der Waals surface area contributed by atoms with E-state index in [1.165, 1.54) is 6.08 Å². The van der Waals surface area contributed by atoms with Crippen LogP contribution in [0.2, 0.25) is 0 Å². The zero-order valence-corrected chi connectivity index (χ0v) is 9.61. The zero-order chi connectivity index (χ0) is 10.6. The Balaban J connectivity index is 2.45. The number of aliphatic carboxylic acids is 1. The molecule has 0 aliphatic heterocycles. The maximum absolute atomic E-state index is 10.3. The van der Waals surface area contributed by atoms with Crippen LogP contribution in [0.3, 0.4) is 0 Å². The summed E-state index contributed by atoms with van der Waals surface area (Å²) in [5.74, 6) is -0.211. The zero-order valence-electron chi connectivity index (χ0n) is 7.98. The first-order valence-corrected chi connectivity index (χ1v) is 5.89. The Kier molecular flexibility index (Phi) is 4.16. The molecule has 0 spiro atoms. The first kappa shape index (κ1) is 11.3. The second-order valence-corrected chi connectivity index (χ2v) is 4.95. The van der Waals surface area contributed by atoms with E-state index in [2.05, 4.69) is 4.98 Å². The lowest BCUT2D eigenvalue weighted by atomic mass is 10.3. The molecule has 0 aromatic carbocycles. The molecule has 0 atom stereocenters. The molecule has 0 radical (unpaired) electrons. The van der Waals surface area contributed by atoms with Gasteiger partial charge in [0.15, 0.2) is 0 Å². The van der Waals surface area contributed by atoms with Crippen molar-refractivity contribution >= 4 is 29.1 Å². The monoisotopic (exact) mass is 229 g/mol. The molecular formula is C9H11NO2S2. The Labute approximate surface area is 90.9 Å². The predicted molar refractivity (Wildman–Crippen MR) is 59.0 cm³/mol. The molecule has 5 heteroatoms. The van der Waals surface area contributed by atoms with Crippen LogP contribution in [0.1, 0.15) is 12.6 Å². The molecule has 1 N–H and O–H groups in total. The van der Waals surface area contributed by atoms with E-state index < -0.39 is 5.97 Å². The molecule has 0 aliphatic rings. The van der Waals surface area contributed by atoms with E-state index in [4.69, 9.17) is 5.11 Å². The fraction of sp³-hybridized carbons (Fsp3) is 0.333. The highest BCUT2D eigenvalue weighted by Crippen LogP contribution is 2.23. The summed E-state index contributed by atoms with van der Waals surface area (Å²) in [4.78, 5) is 14.6. The molecule has 1 aromatic heterocycles. The molecular weight excluding hydrogens is 218 g/mol. The number of hydrogen-bond donors (Lipinski definition) is 1. The molecule has 76 valence electrons. The average Bonchev–Trinajstić information content (AvgIpc) is 2.47. The average molecular weight is 229 g/mol. The molecule has 0 bridgehead atoms. The van der Waals surface area contributed by atoms with Gasteiger partial charge in [-0.25, -0.2) is 9.78 Å². The van der Waals surface area contributed by atoms with Crippen LogP contribution in [0, 0.1) is 6.92 Å². The lowest BCUT2D eigenvalue weighted by molar-refractivity contribution is -0.131. The number of hydrogen-bond acceptors (Lipinski definition) is 4. The molecule has 3 nitrogen and oxygen atoms in total. The summed E-state index contributed by atoms with van der Waals surface area (Å²) in [6, 6.07) is 0. The molecule has 1 rings (SSSR count). The van der Waals surface area contributed by atoms with Gasteiger partial charge in [0.25, 0.3) is 0 Å². The number of rotatable bonds is 4. The third kappa shape index (κ3) is 3.93. The number of carboxylic acid groups (broad SMARTS) is 1. The van der Waals surface area contributed by atoms with Crippen LogP contribution in [0.4, 0.5) is 0 Å². The van der Waals surface area contributed by atoms with E-state index in [1.54, 1.807) is 23.1 Å². The van der Waals surface area contributed by atoms with Gasteiger partial charge in [-0.1, -0.05) is 17.3 Å². The maximum Gasteiger partial charge on any atom is 0.328 e. The Morgan fingerprint density at radius 3 is 3.00 bits per heavy atom. The summed E-state index contributed by atoms with van der Waals surface area (Å²) in [6.07, 6.45) is 1.23. The normalized spacial score (nSPS) is 11.7. The topological polar surface area (TPSA) is 50.2 Å². The summed E-state index contributed by atoms with van der Waals surface area (Å²) < 4.78 is 0.987. The minimum absolute atomic E-state index is 0.680. The van der Waals surface area contributed by atoms with Crippen molar-refractivity contribution in [2.24, 2.45) is 0 Å².